The monoisotopic (exact) mass is 255 g/mol. The third kappa shape index (κ3) is 4.11. The molecule has 0 aliphatic carbocycles. The molecular formula is C17H21NO. The molecule has 0 unspecified atom stereocenters. The van der Waals surface area contributed by atoms with E-state index in [0.717, 1.165) is 25.1 Å². The van der Waals surface area contributed by atoms with Crippen LogP contribution in [0.4, 0.5) is 0 Å². The quantitative estimate of drug-likeness (QED) is 0.858. The molecule has 2 heteroatoms. The van der Waals surface area contributed by atoms with Crippen LogP contribution in [-0.4, -0.2) is 6.54 Å². The van der Waals surface area contributed by atoms with E-state index in [1.807, 2.05) is 18.2 Å². The van der Waals surface area contributed by atoms with Crippen LogP contribution in [0.5, 0.6) is 5.75 Å². The number of aryl methyl sites for hydroxylation is 2. The molecule has 0 bridgehead atoms. The molecule has 0 radical (unpaired) electrons. The standard InChI is InChI=1S/C17H21NO/c1-14-9-10-15(8-5-11-18)12-17(14)19-13-16-6-3-2-4-7-16/h2-4,6-7,9-10,12H,5,8,11,13,18H2,1H3. The largest absolute Gasteiger partial charge is 0.489 e. The lowest BCUT2D eigenvalue weighted by Crippen LogP contribution is -2.01. The Kier molecular flexibility index (Phi) is 4.99. The second-order valence-corrected chi connectivity index (χ2v) is 4.77. The van der Waals surface area contributed by atoms with Gasteiger partial charge in [-0.15, -0.1) is 0 Å². The summed E-state index contributed by atoms with van der Waals surface area (Å²) in [5, 5.41) is 0. The van der Waals surface area contributed by atoms with Gasteiger partial charge in [0, 0.05) is 0 Å². The lowest BCUT2D eigenvalue weighted by Gasteiger charge is -2.11. The van der Waals surface area contributed by atoms with Gasteiger partial charge < -0.3 is 10.5 Å². The molecule has 0 aromatic heterocycles. The van der Waals surface area contributed by atoms with Gasteiger partial charge in [-0.2, -0.15) is 0 Å². The fourth-order valence-electron chi connectivity index (χ4n) is 2.00. The fraction of sp³-hybridized carbons (Fsp3) is 0.294. The molecule has 2 aromatic carbocycles. The van der Waals surface area contributed by atoms with Crippen molar-refractivity contribution in [1.29, 1.82) is 0 Å². The Morgan fingerprint density at radius 1 is 1.00 bits per heavy atom. The van der Waals surface area contributed by atoms with Crippen LogP contribution in [0.3, 0.4) is 0 Å². The van der Waals surface area contributed by atoms with Crippen molar-refractivity contribution in [1.82, 2.24) is 0 Å². The molecule has 100 valence electrons. The zero-order valence-electron chi connectivity index (χ0n) is 11.4. The van der Waals surface area contributed by atoms with Gasteiger partial charge in [-0.1, -0.05) is 42.5 Å². The van der Waals surface area contributed by atoms with Gasteiger partial charge in [-0.25, -0.2) is 0 Å². The van der Waals surface area contributed by atoms with Crippen molar-refractivity contribution in [2.24, 2.45) is 5.73 Å². The molecule has 0 saturated heterocycles. The van der Waals surface area contributed by atoms with Crippen LogP contribution >= 0.6 is 0 Å². The molecule has 0 heterocycles. The number of hydrogen-bond donors (Lipinski definition) is 1. The molecule has 0 saturated carbocycles. The third-order valence-electron chi connectivity index (χ3n) is 3.16. The minimum Gasteiger partial charge on any atom is -0.489 e. The Balaban J connectivity index is 2.02. The minimum atomic E-state index is 0.613. The molecular weight excluding hydrogens is 234 g/mol. The van der Waals surface area contributed by atoms with E-state index in [-0.39, 0.29) is 0 Å². The van der Waals surface area contributed by atoms with Crippen molar-refractivity contribution in [2.45, 2.75) is 26.4 Å². The number of hydrogen-bond acceptors (Lipinski definition) is 2. The SMILES string of the molecule is Cc1ccc(CCCN)cc1OCc1ccccc1. The molecule has 0 spiro atoms. The maximum atomic E-state index is 5.91. The molecule has 2 aromatic rings. The molecule has 19 heavy (non-hydrogen) atoms. The van der Waals surface area contributed by atoms with E-state index in [0.29, 0.717) is 6.61 Å². The molecule has 0 atom stereocenters. The van der Waals surface area contributed by atoms with Gasteiger partial charge in [-0.3, -0.25) is 0 Å². The molecule has 2 rings (SSSR count). The van der Waals surface area contributed by atoms with E-state index in [9.17, 15) is 0 Å². The van der Waals surface area contributed by atoms with Gasteiger partial charge in [0.05, 0.1) is 0 Å². The van der Waals surface area contributed by atoms with Crippen LogP contribution < -0.4 is 10.5 Å². The fourth-order valence-corrected chi connectivity index (χ4v) is 2.00. The Labute approximate surface area is 115 Å². The molecule has 0 fully saturated rings. The molecule has 2 nitrogen and oxygen atoms in total. The van der Waals surface area contributed by atoms with Gasteiger partial charge >= 0.3 is 0 Å². The molecule has 2 N–H and O–H groups in total. The van der Waals surface area contributed by atoms with Crippen molar-refractivity contribution in [2.75, 3.05) is 6.54 Å². The Bertz CT molecular complexity index is 508. The highest BCUT2D eigenvalue weighted by atomic mass is 16.5. The zero-order valence-corrected chi connectivity index (χ0v) is 11.4. The summed E-state index contributed by atoms with van der Waals surface area (Å²) in [4.78, 5) is 0. The van der Waals surface area contributed by atoms with Gasteiger partial charge in [0.25, 0.3) is 0 Å². The van der Waals surface area contributed by atoms with Crippen LogP contribution in [-0.2, 0) is 13.0 Å². The maximum absolute atomic E-state index is 5.91. The van der Waals surface area contributed by atoms with Crippen LogP contribution in [0.2, 0.25) is 0 Å². The summed E-state index contributed by atoms with van der Waals surface area (Å²) in [5.74, 6) is 0.971. The minimum absolute atomic E-state index is 0.613. The van der Waals surface area contributed by atoms with Gasteiger partial charge in [0.1, 0.15) is 12.4 Å². The summed E-state index contributed by atoms with van der Waals surface area (Å²) in [7, 11) is 0. The third-order valence-corrected chi connectivity index (χ3v) is 3.16. The first-order chi connectivity index (χ1) is 9.29. The first kappa shape index (κ1) is 13.6. The van der Waals surface area contributed by atoms with Crippen LogP contribution in [0.25, 0.3) is 0 Å². The Morgan fingerprint density at radius 2 is 1.79 bits per heavy atom. The highest BCUT2D eigenvalue weighted by molar-refractivity contribution is 5.37. The second-order valence-electron chi connectivity index (χ2n) is 4.77. The van der Waals surface area contributed by atoms with E-state index in [1.54, 1.807) is 0 Å². The van der Waals surface area contributed by atoms with Crippen molar-refractivity contribution >= 4 is 0 Å². The summed E-state index contributed by atoms with van der Waals surface area (Å²) >= 11 is 0. The summed E-state index contributed by atoms with van der Waals surface area (Å²) in [5.41, 5.74) is 9.20. The Morgan fingerprint density at radius 3 is 2.53 bits per heavy atom. The van der Waals surface area contributed by atoms with Gasteiger partial charge in [0.15, 0.2) is 0 Å². The number of benzene rings is 2. The molecule has 0 aliphatic rings. The van der Waals surface area contributed by atoms with E-state index >= 15 is 0 Å². The second kappa shape index (κ2) is 6.95. The van der Waals surface area contributed by atoms with Gasteiger partial charge in [0.2, 0.25) is 0 Å². The average Bonchev–Trinajstić information content (AvgIpc) is 2.46. The topological polar surface area (TPSA) is 35.2 Å². The van der Waals surface area contributed by atoms with E-state index in [1.165, 1.54) is 16.7 Å². The number of ether oxygens (including phenoxy) is 1. The normalized spacial score (nSPS) is 10.4. The summed E-state index contributed by atoms with van der Waals surface area (Å²) in [6, 6.07) is 16.6. The van der Waals surface area contributed by atoms with Crippen LogP contribution in [0.1, 0.15) is 23.1 Å². The predicted octanol–water partition coefficient (Wildman–Crippen LogP) is 3.47. The van der Waals surface area contributed by atoms with E-state index < -0.39 is 0 Å². The smallest absolute Gasteiger partial charge is 0.122 e. The highest BCUT2D eigenvalue weighted by Crippen LogP contribution is 2.21. The van der Waals surface area contributed by atoms with Crippen molar-refractivity contribution in [3.05, 3.63) is 65.2 Å². The summed E-state index contributed by atoms with van der Waals surface area (Å²) in [6.07, 6.45) is 2.03. The maximum Gasteiger partial charge on any atom is 0.122 e. The highest BCUT2D eigenvalue weighted by Gasteiger charge is 2.02. The Hall–Kier alpha value is -1.80. The van der Waals surface area contributed by atoms with Gasteiger partial charge in [-0.05, 0) is 49.1 Å². The summed E-state index contributed by atoms with van der Waals surface area (Å²) in [6.45, 7) is 3.42. The van der Waals surface area contributed by atoms with Crippen molar-refractivity contribution < 1.29 is 4.74 Å². The summed E-state index contributed by atoms with van der Waals surface area (Å²) < 4.78 is 5.91. The van der Waals surface area contributed by atoms with Crippen LogP contribution in [0, 0.1) is 6.92 Å². The number of nitrogens with two attached hydrogens (primary N) is 1. The molecule has 0 amide bonds. The van der Waals surface area contributed by atoms with Crippen molar-refractivity contribution in [3.63, 3.8) is 0 Å². The van der Waals surface area contributed by atoms with E-state index in [4.69, 9.17) is 10.5 Å². The predicted molar refractivity (Wildman–Crippen MR) is 79.3 cm³/mol. The number of rotatable bonds is 6. The molecule has 0 aliphatic heterocycles. The average molecular weight is 255 g/mol. The van der Waals surface area contributed by atoms with Crippen LogP contribution in [0.15, 0.2) is 48.5 Å². The lowest BCUT2D eigenvalue weighted by atomic mass is 10.1. The van der Waals surface area contributed by atoms with E-state index in [2.05, 4.69) is 37.3 Å². The van der Waals surface area contributed by atoms with Crippen molar-refractivity contribution in [3.8, 4) is 5.75 Å². The first-order valence-corrected chi connectivity index (χ1v) is 6.76. The first-order valence-electron chi connectivity index (χ1n) is 6.76. The lowest BCUT2D eigenvalue weighted by molar-refractivity contribution is 0.304. The zero-order chi connectivity index (χ0) is 13.5.